The minimum Gasteiger partial charge on any atom is -0.395 e. The van der Waals surface area contributed by atoms with Crippen molar-refractivity contribution in [3.63, 3.8) is 0 Å². The van der Waals surface area contributed by atoms with Crippen LogP contribution in [0.15, 0.2) is 18.3 Å². The van der Waals surface area contributed by atoms with Crippen LogP contribution in [0.5, 0.6) is 0 Å². The zero-order valence-electron chi connectivity index (χ0n) is 10.2. The molecule has 98 valence electrons. The number of rotatable bonds is 4. The first-order valence-electron chi connectivity index (χ1n) is 6.26. The maximum atomic E-state index is 12.7. The highest BCUT2D eigenvalue weighted by atomic mass is 19.1. The molecule has 0 bridgehead atoms. The third kappa shape index (κ3) is 2.85. The molecule has 0 spiro atoms. The predicted molar refractivity (Wildman–Crippen MR) is 64.6 cm³/mol. The number of hydrogen-bond acceptors (Lipinski definition) is 3. The number of nitrogens with zero attached hydrogens (tertiary/aromatic N) is 2. The van der Waals surface area contributed by atoms with Gasteiger partial charge in [-0.05, 0) is 25.0 Å². The van der Waals surface area contributed by atoms with Crippen molar-refractivity contribution in [2.45, 2.75) is 31.7 Å². The molecular formula is C13H17FN2O2. The number of carbonyl (C=O) groups is 1. The van der Waals surface area contributed by atoms with Crippen LogP contribution >= 0.6 is 0 Å². The summed E-state index contributed by atoms with van der Waals surface area (Å²) in [6.07, 6.45) is 5.42. The van der Waals surface area contributed by atoms with E-state index in [4.69, 9.17) is 5.11 Å². The first-order chi connectivity index (χ1) is 8.72. The fourth-order valence-corrected chi connectivity index (χ4v) is 2.44. The molecule has 1 saturated carbocycles. The van der Waals surface area contributed by atoms with E-state index < -0.39 is 5.95 Å². The summed E-state index contributed by atoms with van der Waals surface area (Å²) in [5, 5.41) is 9.07. The van der Waals surface area contributed by atoms with Gasteiger partial charge in [-0.25, -0.2) is 4.98 Å². The van der Waals surface area contributed by atoms with Crippen LogP contribution in [0, 0.1) is 5.95 Å². The molecule has 0 aromatic carbocycles. The van der Waals surface area contributed by atoms with Gasteiger partial charge in [-0.15, -0.1) is 0 Å². The number of amides is 1. The van der Waals surface area contributed by atoms with Crippen LogP contribution in [0.4, 0.5) is 4.39 Å². The zero-order chi connectivity index (χ0) is 13.0. The second kappa shape index (κ2) is 5.91. The second-order valence-corrected chi connectivity index (χ2v) is 4.53. The normalized spacial score (nSPS) is 15.9. The van der Waals surface area contributed by atoms with E-state index in [1.165, 1.54) is 18.3 Å². The van der Waals surface area contributed by atoms with Crippen LogP contribution in [0.1, 0.15) is 36.0 Å². The number of aromatic nitrogens is 1. The van der Waals surface area contributed by atoms with Crippen molar-refractivity contribution in [2.24, 2.45) is 0 Å². The smallest absolute Gasteiger partial charge is 0.255 e. The van der Waals surface area contributed by atoms with Gasteiger partial charge < -0.3 is 10.0 Å². The fraction of sp³-hybridized carbons (Fsp3) is 0.538. The van der Waals surface area contributed by atoms with Gasteiger partial charge in [0.15, 0.2) is 0 Å². The number of halogens is 1. The lowest BCUT2D eigenvalue weighted by Gasteiger charge is -2.28. The minimum absolute atomic E-state index is 0.0587. The molecule has 1 amide bonds. The van der Waals surface area contributed by atoms with E-state index >= 15 is 0 Å². The predicted octanol–water partition coefficient (Wildman–Crippen LogP) is 1.60. The Morgan fingerprint density at radius 2 is 2.17 bits per heavy atom. The maximum absolute atomic E-state index is 12.7. The molecule has 2 rings (SSSR count). The van der Waals surface area contributed by atoms with Crippen molar-refractivity contribution >= 4 is 5.91 Å². The fourth-order valence-electron chi connectivity index (χ4n) is 2.44. The molecule has 1 aliphatic carbocycles. The van der Waals surface area contributed by atoms with Gasteiger partial charge in [-0.3, -0.25) is 4.79 Å². The van der Waals surface area contributed by atoms with Crippen molar-refractivity contribution < 1.29 is 14.3 Å². The standard InChI is InChI=1S/C13H17FN2O2/c14-12-6-5-10(9-15-12)13(18)16(7-8-17)11-3-1-2-4-11/h5-6,9,11,17H,1-4,7-8H2. The molecule has 0 atom stereocenters. The molecular weight excluding hydrogens is 235 g/mol. The van der Waals surface area contributed by atoms with Crippen LogP contribution in [-0.2, 0) is 0 Å². The summed E-state index contributed by atoms with van der Waals surface area (Å²) in [7, 11) is 0. The molecule has 1 fully saturated rings. The summed E-state index contributed by atoms with van der Waals surface area (Å²) >= 11 is 0. The molecule has 0 saturated heterocycles. The Morgan fingerprint density at radius 1 is 1.44 bits per heavy atom. The Hall–Kier alpha value is -1.49. The lowest BCUT2D eigenvalue weighted by molar-refractivity contribution is 0.0637. The molecule has 0 radical (unpaired) electrons. The topological polar surface area (TPSA) is 53.4 Å². The molecule has 1 heterocycles. The first kappa shape index (κ1) is 13.0. The van der Waals surface area contributed by atoms with E-state index in [0.29, 0.717) is 12.1 Å². The summed E-state index contributed by atoms with van der Waals surface area (Å²) in [5.74, 6) is -0.774. The van der Waals surface area contributed by atoms with Gasteiger partial charge in [0.05, 0.1) is 12.2 Å². The van der Waals surface area contributed by atoms with E-state index in [1.54, 1.807) is 4.90 Å². The third-order valence-electron chi connectivity index (χ3n) is 3.34. The quantitative estimate of drug-likeness (QED) is 0.828. The highest BCUT2D eigenvalue weighted by molar-refractivity contribution is 5.94. The van der Waals surface area contributed by atoms with Crippen molar-refractivity contribution in [3.05, 3.63) is 29.8 Å². The lowest BCUT2D eigenvalue weighted by atomic mass is 10.1. The summed E-state index contributed by atoms with van der Waals surface area (Å²) in [6, 6.07) is 2.80. The van der Waals surface area contributed by atoms with E-state index in [0.717, 1.165) is 25.7 Å². The molecule has 0 aliphatic heterocycles. The highest BCUT2D eigenvalue weighted by Crippen LogP contribution is 2.24. The zero-order valence-corrected chi connectivity index (χ0v) is 10.2. The van der Waals surface area contributed by atoms with Gasteiger partial charge in [-0.2, -0.15) is 4.39 Å². The number of pyridine rings is 1. The Kier molecular flexibility index (Phi) is 4.25. The van der Waals surface area contributed by atoms with Gasteiger partial charge in [-0.1, -0.05) is 12.8 Å². The SMILES string of the molecule is O=C(c1ccc(F)nc1)N(CCO)C1CCCC1. The summed E-state index contributed by atoms with van der Waals surface area (Å²) < 4.78 is 12.7. The molecule has 5 heteroatoms. The van der Waals surface area contributed by atoms with Crippen LogP contribution < -0.4 is 0 Å². The van der Waals surface area contributed by atoms with Crippen LogP contribution in [0.2, 0.25) is 0 Å². The van der Waals surface area contributed by atoms with Gasteiger partial charge >= 0.3 is 0 Å². The molecule has 4 nitrogen and oxygen atoms in total. The van der Waals surface area contributed by atoms with Crippen LogP contribution in [0.3, 0.4) is 0 Å². The largest absolute Gasteiger partial charge is 0.395 e. The number of aliphatic hydroxyl groups excluding tert-OH is 1. The molecule has 0 unspecified atom stereocenters. The van der Waals surface area contributed by atoms with E-state index in [-0.39, 0.29) is 18.6 Å². The van der Waals surface area contributed by atoms with Crippen molar-refractivity contribution in [3.8, 4) is 0 Å². The minimum atomic E-state index is -0.596. The van der Waals surface area contributed by atoms with Gasteiger partial charge in [0.2, 0.25) is 5.95 Å². The average Bonchev–Trinajstić information content (AvgIpc) is 2.90. The Labute approximate surface area is 105 Å². The number of carbonyl (C=O) groups excluding carboxylic acids is 1. The number of aliphatic hydroxyl groups is 1. The molecule has 18 heavy (non-hydrogen) atoms. The van der Waals surface area contributed by atoms with E-state index in [1.807, 2.05) is 0 Å². The van der Waals surface area contributed by atoms with Crippen molar-refractivity contribution in [1.29, 1.82) is 0 Å². The molecule has 1 N–H and O–H groups in total. The monoisotopic (exact) mass is 252 g/mol. The molecule has 1 aromatic heterocycles. The summed E-state index contributed by atoms with van der Waals surface area (Å²) in [6.45, 7) is 0.262. The Bertz CT molecular complexity index is 402. The van der Waals surface area contributed by atoms with Crippen molar-refractivity contribution in [2.75, 3.05) is 13.2 Å². The maximum Gasteiger partial charge on any atom is 0.255 e. The van der Waals surface area contributed by atoms with Crippen LogP contribution in [-0.4, -0.2) is 40.1 Å². The number of hydrogen-bond donors (Lipinski definition) is 1. The first-order valence-corrected chi connectivity index (χ1v) is 6.26. The molecule has 1 aromatic rings. The Balaban J connectivity index is 2.14. The average molecular weight is 252 g/mol. The highest BCUT2D eigenvalue weighted by Gasteiger charge is 2.27. The van der Waals surface area contributed by atoms with Gasteiger partial charge in [0, 0.05) is 18.8 Å². The second-order valence-electron chi connectivity index (χ2n) is 4.53. The Morgan fingerprint density at radius 3 is 2.72 bits per heavy atom. The summed E-state index contributed by atoms with van der Waals surface area (Å²) in [5.41, 5.74) is 0.372. The van der Waals surface area contributed by atoms with E-state index in [9.17, 15) is 9.18 Å². The van der Waals surface area contributed by atoms with Crippen LogP contribution in [0.25, 0.3) is 0 Å². The van der Waals surface area contributed by atoms with Gasteiger partial charge in [0.25, 0.3) is 5.91 Å². The molecule has 1 aliphatic rings. The van der Waals surface area contributed by atoms with Crippen molar-refractivity contribution in [1.82, 2.24) is 9.88 Å². The van der Waals surface area contributed by atoms with Gasteiger partial charge in [0.1, 0.15) is 0 Å². The van der Waals surface area contributed by atoms with E-state index in [2.05, 4.69) is 4.98 Å². The third-order valence-corrected chi connectivity index (χ3v) is 3.34. The lowest BCUT2D eigenvalue weighted by Crippen LogP contribution is -2.40. The summed E-state index contributed by atoms with van der Waals surface area (Å²) in [4.78, 5) is 17.5.